The molecule has 0 aromatic carbocycles. The van der Waals surface area contributed by atoms with Gasteiger partial charge in [-0.2, -0.15) is 0 Å². The van der Waals surface area contributed by atoms with Crippen LogP contribution in [-0.2, 0) is 0 Å². The summed E-state index contributed by atoms with van der Waals surface area (Å²) in [7, 11) is 0. The zero-order valence-electron chi connectivity index (χ0n) is 9.21. The minimum absolute atomic E-state index is 0.367. The first-order valence-corrected chi connectivity index (χ1v) is 6.33. The van der Waals surface area contributed by atoms with E-state index in [1.165, 1.54) is 19.3 Å². The number of nitrogens with zero attached hydrogens (tertiary/aromatic N) is 2. The van der Waals surface area contributed by atoms with Crippen LogP contribution in [0.2, 0.25) is 10.3 Å². The first-order chi connectivity index (χ1) is 7.65. The summed E-state index contributed by atoms with van der Waals surface area (Å²) >= 11 is 11.7. The van der Waals surface area contributed by atoms with Crippen LogP contribution >= 0.6 is 23.2 Å². The Kier molecular flexibility index (Phi) is 3.87. The summed E-state index contributed by atoms with van der Waals surface area (Å²) in [4.78, 5) is 0. The van der Waals surface area contributed by atoms with E-state index >= 15 is 0 Å². The first-order valence-electron chi connectivity index (χ1n) is 5.57. The van der Waals surface area contributed by atoms with Crippen LogP contribution in [-0.4, -0.2) is 16.7 Å². The van der Waals surface area contributed by atoms with Gasteiger partial charge in [0, 0.05) is 12.6 Å². The van der Waals surface area contributed by atoms with Crippen LogP contribution in [0.4, 0.5) is 5.69 Å². The van der Waals surface area contributed by atoms with E-state index in [4.69, 9.17) is 23.2 Å². The quantitative estimate of drug-likeness (QED) is 0.901. The van der Waals surface area contributed by atoms with Crippen LogP contribution in [0.1, 0.15) is 26.2 Å². The number of aromatic nitrogens is 2. The van der Waals surface area contributed by atoms with Gasteiger partial charge in [0.25, 0.3) is 0 Å². The van der Waals surface area contributed by atoms with Crippen molar-refractivity contribution in [3.05, 3.63) is 16.4 Å². The van der Waals surface area contributed by atoms with E-state index in [0.29, 0.717) is 10.3 Å². The van der Waals surface area contributed by atoms with Crippen LogP contribution < -0.4 is 5.32 Å². The topological polar surface area (TPSA) is 37.8 Å². The third-order valence-corrected chi connectivity index (χ3v) is 3.57. The normalized spacial score (nSPS) is 24.7. The van der Waals surface area contributed by atoms with Gasteiger partial charge in [-0.05, 0) is 24.7 Å². The molecule has 1 aliphatic carbocycles. The Morgan fingerprint density at radius 1 is 1.38 bits per heavy atom. The van der Waals surface area contributed by atoms with Crippen molar-refractivity contribution in [2.24, 2.45) is 11.8 Å². The summed E-state index contributed by atoms with van der Waals surface area (Å²) < 4.78 is 0. The van der Waals surface area contributed by atoms with E-state index in [-0.39, 0.29) is 0 Å². The van der Waals surface area contributed by atoms with Gasteiger partial charge in [-0.25, -0.2) is 0 Å². The second-order valence-corrected chi connectivity index (χ2v) is 5.28. The molecule has 2 unspecified atom stereocenters. The predicted octanol–water partition coefficient (Wildman–Crippen LogP) is 3.63. The number of halogens is 2. The van der Waals surface area contributed by atoms with Gasteiger partial charge >= 0.3 is 0 Å². The van der Waals surface area contributed by atoms with Crippen molar-refractivity contribution < 1.29 is 0 Å². The smallest absolute Gasteiger partial charge is 0.174 e. The van der Waals surface area contributed by atoms with Crippen LogP contribution in [0.5, 0.6) is 0 Å². The van der Waals surface area contributed by atoms with Crippen molar-refractivity contribution in [3.63, 3.8) is 0 Å². The molecule has 0 amide bonds. The minimum atomic E-state index is 0.367. The van der Waals surface area contributed by atoms with Crippen LogP contribution in [0, 0.1) is 11.8 Å². The standard InChI is InChI=1S/C11H15Cl2N3/c1-7-2-3-8(4-7)6-14-9-5-10(12)15-16-11(9)13/h5,7-8H,2-4,6H2,1H3,(H,14,15). The van der Waals surface area contributed by atoms with E-state index in [1.807, 2.05) is 0 Å². The molecule has 3 nitrogen and oxygen atoms in total. The summed E-state index contributed by atoms with van der Waals surface area (Å²) in [5, 5.41) is 11.5. The molecule has 1 N–H and O–H groups in total. The van der Waals surface area contributed by atoms with Gasteiger partial charge in [-0.3, -0.25) is 0 Å². The summed E-state index contributed by atoms with van der Waals surface area (Å²) in [5.41, 5.74) is 0.779. The van der Waals surface area contributed by atoms with E-state index < -0.39 is 0 Å². The van der Waals surface area contributed by atoms with Gasteiger partial charge in [0.1, 0.15) is 0 Å². The number of anilines is 1. The maximum absolute atomic E-state index is 5.92. The maximum Gasteiger partial charge on any atom is 0.174 e. The maximum atomic E-state index is 5.92. The fraction of sp³-hybridized carbons (Fsp3) is 0.636. The monoisotopic (exact) mass is 259 g/mol. The van der Waals surface area contributed by atoms with E-state index in [9.17, 15) is 0 Å². The minimum Gasteiger partial charge on any atom is -0.382 e. The molecule has 2 rings (SSSR count). The second-order valence-electron chi connectivity index (χ2n) is 4.54. The molecule has 2 atom stereocenters. The van der Waals surface area contributed by atoms with Crippen LogP contribution in [0.3, 0.4) is 0 Å². The lowest BCUT2D eigenvalue weighted by atomic mass is 10.1. The molecular formula is C11H15Cl2N3. The fourth-order valence-electron chi connectivity index (χ4n) is 2.24. The van der Waals surface area contributed by atoms with Crippen molar-refractivity contribution >= 4 is 28.9 Å². The van der Waals surface area contributed by atoms with Crippen molar-refractivity contribution in [3.8, 4) is 0 Å². The van der Waals surface area contributed by atoms with E-state index in [2.05, 4.69) is 22.4 Å². The molecule has 1 aliphatic rings. The average Bonchev–Trinajstić information content (AvgIpc) is 2.66. The molecule has 16 heavy (non-hydrogen) atoms. The van der Waals surface area contributed by atoms with Crippen LogP contribution in [0.25, 0.3) is 0 Å². The number of nitrogens with one attached hydrogen (secondary N) is 1. The molecule has 1 fully saturated rings. The van der Waals surface area contributed by atoms with E-state index in [1.54, 1.807) is 6.07 Å². The largest absolute Gasteiger partial charge is 0.382 e. The third-order valence-electron chi connectivity index (χ3n) is 3.10. The summed E-state index contributed by atoms with van der Waals surface area (Å²) in [5.74, 6) is 1.58. The molecule has 0 aliphatic heterocycles. The molecule has 1 saturated carbocycles. The Morgan fingerprint density at radius 3 is 2.88 bits per heavy atom. The second kappa shape index (κ2) is 5.19. The molecule has 0 spiro atoms. The Balaban J connectivity index is 1.91. The highest BCUT2D eigenvalue weighted by Crippen LogP contribution is 2.31. The zero-order valence-corrected chi connectivity index (χ0v) is 10.7. The SMILES string of the molecule is CC1CCC(CNc2cc(Cl)nnc2Cl)C1. The van der Waals surface area contributed by atoms with Gasteiger partial charge in [0.2, 0.25) is 0 Å². The molecule has 1 aromatic heterocycles. The zero-order chi connectivity index (χ0) is 11.5. The Bertz CT molecular complexity index is 370. The molecule has 5 heteroatoms. The van der Waals surface area contributed by atoms with Crippen molar-refractivity contribution in [2.45, 2.75) is 26.2 Å². The van der Waals surface area contributed by atoms with Gasteiger partial charge in [0.05, 0.1) is 5.69 Å². The number of hydrogen-bond acceptors (Lipinski definition) is 3. The highest BCUT2D eigenvalue weighted by Gasteiger charge is 2.21. The summed E-state index contributed by atoms with van der Waals surface area (Å²) in [6.45, 7) is 3.24. The van der Waals surface area contributed by atoms with Crippen molar-refractivity contribution in [1.29, 1.82) is 0 Å². The summed E-state index contributed by atoms with van der Waals surface area (Å²) in [6.07, 6.45) is 3.91. The molecule has 88 valence electrons. The fourth-order valence-corrected chi connectivity index (χ4v) is 2.55. The summed E-state index contributed by atoms with van der Waals surface area (Å²) in [6, 6.07) is 1.72. The van der Waals surface area contributed by atoms with Gasteiger partial charge in [0.15, 0.2) is 10.3 Å². The third kappa shape index (κ3) is 2.98. The molecule has 0 bridgehead atoms. The first kappa shape index (κ1) is 11.9. The van der Waals surface area contributed by atoms with E-state index in [0.717, 1.165) is 24.1 Å². The van der Waals surface area contributed by atoms with Crippen molar-refractivity contribution in [2.75, 3.05) is 11.9 Å². The molecule has 0 saturated heterocycles. The van der Waals surface area contributed by atoms with Crippen molar-refractivity contribution in [1.82, 2.24) is 10.2 Å². The molecule has 1 heterocycles. The van der Waals surface area contributed by atoms with Gasteiger partial charge in [-0.15, -0.1) is 10.2 Å². The highest BCUT2D eigenvalue weighted by atomic mass is 35.5. The van der Waals surface area contributed by atoms with Gasteiger partial charge in [-0.1, -0.05) is 36.5 Å². The molecule has 0 radical (unpaired) electrons. The number of hydrogen-bond donors (Lipinski definition) is 1. The Hall–Kier alpha value is -0.540. The highest BCUT2D eigenvalue weighted by molar-refractivity contribution is 6.33. The lowest BCUT2D eigenvalue weighted by molar-refractivity contribution is 0.537. The lowest BCUT2D eigenvalue weighted by Gasteiger charge is -2.12. The van der Waals surface area contributed by atoms with Crippen LogP contribution in [0.15, 0.2) is 6.07 Å². The Labute approximate surface area is 106 Å². The molecular weight excluding hydrogens is 245 g/mol. The number of rotatable bonds is 3. The lowest BCUT2D eigenvalue weighted by Crippen LogP contribution is -2.12. The average molecular weight is 260 g/mol. The molecule has 1 aromatic rings. The predicted molar refractivity (Wildman–Crippen MR) is 67.0 cm³/mol. The van der Waals surface area contributed by atoms with Gasteiger partial charge < -0.3 is 5.32 Å². The Morgan fingerprint density at radius 2 is 2.19 bits per heavy atom.